The first-order chi connectivity index (χ1) is 10.7. The second-order valence-electron chi connectivity index (χ2n) is 6.78. The molecule has 1 aliphatic carbocycles. The summed E-state index contributed by atoms with van der Waals surface area (Å²) in [4.78, 5) is 26.8. The third kappa shape index (κ3) is 3.98. The summed E-state index contributed by atoms with van der Waals surface area (Å²) in [7, 11) is 0. The normalized spacial score (nSPS) is 27.0. The van der Waals surface area contributed by atoms with E-state index in [0.29, 0.717) is 32.7 Å². The molecule has 1 saturated carbocycles. The summed E-state index contributed by atoms with van der Waals surface area (Å²) in [6.45, 7) is 6.41. The van der Waals surface area contributed by atoms with Crippen molar-refractivity contribution >= 4 is 24.2 Å². The Hall–Kier alpha value is -0.850. The fourth-order valence-corrected chi connectivity index (χ4v) is 3.81. The number of morpholine rings is 1. The summed E-state index contributed by atoms with van der Waals surface area (Å²) in [5, 5.41) is 6.35. The van der Waals surface area contributed by atoms with Crippen molar-refractivity contribution in [3.63, 3.8) is 0 Å². The number of rotatable bonds is 4. The molecule has 3 rings (SSSR count). The van der Waals surface area contributed by atoms with Crippen molar-refractivity contribution in [1.82, 2.24) is 15.5 Å². The molecule has 0 radical (unpaired) electrons. The molecule has 3 fully saturated rings. The Balaban J connectivity index is 0.00000192. The molecule has 6 nitrogen and oxygen atoms in total. The third-order valence-corrected chi connectivity index (χ3v) is 5.45. The lowest BCUT2D eigenvalue weighted by atomic mass is 9.91. The molecule has 1 spiro atoms. The van der Waals surface area contributed by atoms with Crippen molar-refractivity contribution in [2.75, 3.05) is 39.4 Å². The van der Waals surface area contributed by atoms with Gasteiger partial charge in [-0.15, -0.1) is 12.4 Å². The predicted molar refractivity (Wildman–Crippen MR) is 89.5 cm³/mol. The molecular formula is C16H28ClN3O3. The standard InChI is InChI=1S/C16H27N3O3.ClH/c1-2-13(15(21)19-7-9-22-10-8-19)18-14(20)12-11-16(12)3-5-17-6-4-16;/h12-13,17H,2-11H2,1H3,(H,18,20);1H. The molecule has 7 heteroatoms. The molecule has 132 valence electrons. The maximum Gasteiger partial charge on any atom is 0.245 e. The predicted octanol–water partition coefficient (Wildman–Crippen LogP) is 0.552. The van der Waals surface area contributed by atoms with Crippen LogP contribution in [0, 0.1) is 11.3 Å². The molecule has 0 aromatic heterocycles. The maximum atomic E-state index is 12.5. The van der Waals surface area contributed by atoms with E-state index in [1.807, 2.05) is 11.8 Å². The van der Waals surface area contributed by atoms with Gasteiger partial charge in [0.05, 0.1) is 13.2 Å². The van der Waals surface area contributed by atoms with E-state index in [-0.39, 0.29) is 41.6 Å². The topological polar surface area (TPSA) is 70.7 Å². The zero-order chi connectivity index (χ0) is 15.6. The number of amides is 2. The van der Waals surface area contributed by atoms with Gasteiger partial charge in [0.1, 0.15) is 6.04 Å². The maximum absolute atomic E-state index is 12.5. The van der Waals surface area contributed by atoms with Gasteiger partial charge in [0, 0.05) is 19.0 Å². The van der Waals surface area contributed by atoms with E-state index in [9.17, 15) is 9.59 Å². The number of ether oxygens (including phenoxy) is 1. The second kappa shape index (κ2) is 7.81. The molecule has 0 aromatic rings. The highest BCUT2D eigenvalue weighted by Gasteiger charge is 2.57. The minimum Gasteiger partial charge on any atom is -0.378 e. The van der Waals surface area contributed by atoms with Crippen LogP contribution in [0.1, 0.15) is 32.6 Å². The molecule has 2 amide bonds. The zero-order valence-electron chi connectivity index (χ0n) is 13.8. The summed E-state index contributed by atoms with van der Waals surface area (Å²) >= 11 is 0. The molecule has 3 aliphatic rings. The van der Waals surface area contributed by atoms with Crippen molar-refractivity contribution in [2.24, 2.45) is 11.3 Å². The van der Waals surface area contributed by atoms with Crippen molar-refractivity contribution in [3.05, 3.63) is 0 Å². The molecule has 2 N–H and O–H groups in total. The Morgan fingerprint density at radius 2 is 1.96 bits per heavy atom. The molecule has 2 unspecified atom stereocenters. The van der Waals surface area contributed by atoms with Crippen molar-refractivity contribution in [2.45, 2.75) is 38.6 Å². The number of nitrogens with one attached hydrogen (secondary N) is 2. The van der Waals surface area contributed by atoms with E-state index in [1.54, 1.807) is 0 Å². The average molecular weight is 346 g/mol. The molecule has 2 saturated heterocycles. The molecular weight excluding hydrogens is 318 g/mol. The summed E-state index contributed by atoms with van der Waals surface area (Å²) < 4.78 is 5.28. The van der Waals surface area contributed by atoms with Crippen LogP contribution in [0.25, 0.3) is 0 Å². The highest BCUT2D eigenvalue weighted by Crippen LogP contribution is 2.58. The van der Waals surface area contributed by atoms with Crippen LogP contribution in [0.15, 0.2) is 0 Å². The number of carbonyl (C=O) groups excluding carboxylic acids is 2. The molecule has 0 bridgehead atoms. The fourth-order valence-electron chi connectivity index (χ4n) is 3.81. The zero-order valence-corrected chi connectivity index (χ0v) is 14.6. The van der Waals surface area contributed by atoms with E-state index in [2.05, 4.69) is 10.6 Å². The van der Waals surface area contributed by atoms with Crippen LogP contribution in [0.2, 0.25) is 0 Å². The molecule has 2 aliphatic heterocycles. The van der Waals surface area contributed by atoms with E-state index in [0.717, 1.165) is 32.4 Å². The van der Waals surface area contributed by atoms with Crippen molar-refractivity contribution < 1.29 is 14.3 Å². The summed E-state index contributed by atoms with van der Waals surface area (Å²) in [5.74, 6) is 0.232. The van der Waals surface area contributed by atoms with Gasteiger partial charge in [0.2, 0.25) is 11.8 Å². The van der Waals surface area contributed by atoms with Crippen molar-refractivity contribution in [3.8, 4) is 0 Å². The number of hydrogen-bond acceptors (Lipinski definition) is 4. The first kappa shape index (κ1) is 18.5. The van der Waals surface area contributed by atoms with Gasteiger partial charge in [-0.3, -0.25) is 9.59 Å². The largest absolute Gasteiger partial charge is 0.378 e. The van der Waals surface area contributed by atoms with Gasteiger partial charge in [-0.2, -0.15) is 0 Å². The van der Waals surface area contributed by atoms with Gasteiger partial charge < -0.3 is 20.3 Å². The van der Waals surface area contributed by atoms with Crippen LogP contribution >= 0.6 is 12.4 Å². The van der Waals surface area contributed by atoms with Gasteiger partial charge in [-0.25, -0.2) is 0 Å². The average Bonchev–Trinajstić information content (AvgIpc) is 3.26. The van der Waals surface area contributed by atoms with E-state index in [4.69, 9.17) is 4.74 Å². The monoisotopic (exact) mass is 345 g/mol. The second-order valence-corrected chi connectivity index (χ2v) is 6.78. The van der Waals surface area contributed by atoms with E-state index in [1.165, 1.54) is 0 Å². The first-order valence-corrected chi connectivity index (χ1v) is 8.54. The Morgan fingerprint density at radius 1 is 1.30 bits per heavy atom. The quantitative estimate of drug-likeness (QED) is 0.780. The van der Waals surface area contributed by atoms with Gasteiger partial charge in [-0.05, 0) is 44.2 Å². The number of halogens is 1. The minimum absolute atomic E-state index is 0. The summed E-state index contributed by atoms with van der Waals surface area (Å²) in [6, 6.07) is -0.384. The van der Waals surface area contributed by atoms with Crippen LogP contribution in [-0.2, 0) is 14.3 Å². The Labute approximate surface area is 144 Å². The lowest BCUT2D eigenvalue weighted by molar-refractivity contribution is -0.140. The van der Waals surface area contributed by atoms with Crippen molar-refractivity contribution in [1.29, 1.82) is 0 Å². The van der Waals surface area contributed by atoms with Gasteiger partial charge in [0.15, 0.2) is 0 Å². The van der Waals surface area contributed by atoms with Crippen LogP contribution in [0.4, 0.5) is 0 Å². The van der Waals surface area contributed by atoms with Crippen LogP contribution in [0.3, 0.4) is 0 Å². The fraction of sp³-hybridized carbons (Fsp3) is 0.875. The lowest BCUT2D eigenvalue weighted by Crippen LogP contribution is -2.52. The number of piperidine rings is 1. The Bertz CT molecular complexity index is 434. The number of hydrogen-bond donors (Lipinski definition) is 2. The first-order valence-electron chi connectivity index (χ1n) is 8.54. The number of nitrogens with zero attached hydrogens (tertiary/aromatic N) is 1. The Kier molecular flexibility index (Phi) is 6.28. The minimum atomic E-state index is -0.384. The molecule has 2 atom stereocenters. The lowest BCUT2D eigenvalue weighted by Gasteiger charge is -2.30. The van der Waals surface area contributed by atoms with Gasteiger partial charge >= 0.3 is 0 Å². The van der Waals surface area contributed by atoms with E-state index >= 15 is 0 Å². The summed E-state index contributed by atoms with van der Waals surface area (Å²) in [6.07, 6.45) is 3.80. The summed E-state index contributed by atoms with van der Waals surface area (Å²) in [5.41, 5.74) is 0.218. The molecule has 0 aromatic carbocycles. The van der Waals surface area contributed by atoms with E-state index < -0.39 is 0 Å². The number of carbonyl (C=O) groups is 2. The highest BCUT2D eigenvalue weighted by atomic mass is 35.5. The highest BCUT2D eigenvalue weighted by molar-refractivity contribution is 5.90. The third-order valence-electron chi connectivity index (χ3n) is 5.45. The molecule has 23 heavy (non-hydrogen) atoms. The van der Waals surface area contributed by atoms with Crippen LogP contribution < -0.4 is 10.6 Å². The van der Waals surface area contributed by atoms with Gasteiger partial charge in [0.25, 0.3) is 0 Å². The van der Waals surface area contributed by atoms with Crippen LogP contribution in [0.5, 0.6) is 0 Å². The SMILES string of the molecule is CCC(NC(=O)C1CC12CCNCC2)C(=O)N1CCOCC1.Cl. The van der Waals surface area contributed by atoms with Crippen LogP contribution in [-0.4, -0.2) is 62.1 Å². The molecule has 2 heterocycles. The Morgan fingerprint density at radius 3 is 2.57 bits per heavy atom. The smallest absolute Gasteiger partial charge is 0.245 e. The van der Waals surface area contributed by atoms with Gasteiger partial charge in [-0.1, -0.05) is 6.92 Å².